The van der Waals surface area contributed by atoms with E-state index in [1.54, 1.807) is 0 Å². The Morgan fingerprint density at radius 2 is 2.11 bits per heavy atom. The number of benzene rings is 1. The summed E-state index contributed by atoms with van der Waals surface area (Å²) in [5.74, 6) is 0. The van der Waals surface area contributed by atoms with Gasteiger partial charge >= 0.3 is 0 Å². The molecule has 0 amide bonds. The summed E-state index contributed by atoms with van der Waals surface area (Å²) in [4.78, 5) is 0.601. The van der Waals surface area contributed by atoms with E-state index in [-0.39, 0.29) is 0 Å². The van der Waals surface area contributed by atoms with E-state index < -0.39 is 0 Å². The van der Waals surface area contributed by atoms with Crippen molar-refractivity contribution in [3.8, 4) is 0 Å². The molecule has 1 aliphatic carbocycles. The molecule has 1 aromatic carbocycles. The standard InChI is InChI=1S/C15H20BrClO/c1-3-15(4-2)13(16)9-14(15)18-10-11-6-5-7-12(17)8-11/h5-8,13-14H,3-4,9-10H2,1-2H3. The van der Waals surface area contributed by atoms with E-state index in [0.717, 1.165) is 17.0 Å². The van der Waals surface area contributed by atoms with Crippen LogP contribution < -0.4 is 0 Å². The molecule has 1 aliphatic rings. The van der Waals surface area contributed by atoms with Gasteiger partial charge in [-0.25, -0.2) is 0 Å². The number of ether oxygens (including phenoxy) is 1. The predicted molar refractivity (Wildman–Crippen MR) is 80.4 cm³/mol. The highest BCUT2D eigenvalue weighted by atomic mass is 79.9. The number of hydrogen-bond acceptors (Lipinski definition) is 1. The molecule has 0 heterocycles. The fourth-order valence-electron chi connectivity index (χ4n) is 2.90. The second-order valence-corrected chi connectivity index (χ2v) is 6.61. The molecule has 0 bridgehead atoms. The molecule has 3 heteroatoms. The number of rotatable bonds is 5. The fraction of sp³-hybridized carbons (Fsp3) is 0.600. The van der Waals surface area contributed by atoms with E-state index in [1.165, 1.54) is 12.8 Å². The van der Waals surface area contributed by atoms with Crippen LogP contribution in [0, 0.1) is 5.41 Å². The van der Waals surface area contributed by atoms with E-state index >= 15 is 0 Å². The van der Waals surface area contributed by atoms with Gasteiger partial charge in [-0.3, -0.25) is 0 Å². The third kappa shape index (κ3) is 2.61. The molecular formula is C15H20BrClO. The van der Waals surface area contributed by atoms with Crippen LogP contribution >= 0.6 is 27.5 Å². The van der Waals surface area contributed by atoms with Crippen LogP contribution in [0.2, 0.25) is 5.02 Å². The van der Waals surface area contributed by atoms with Crippen molar-refractivity contribution in [2.75, 3.05) is 0 Å². The van der Waals surface area contributed by atoms with Crippen LogP contribution in [0.25, 0.3) is 0 Å². The minimum atomic E-state index is 0.318. The van der Waals surface area contributed by atoms with Crippen LogP contribution in [-0.2, 0) is 11.3 Å². The summed E-state index contributed by atoms with van der Waals surface area (Å²) in [6.07, 6.45) is 3.82. The average molecular weight is 332 g/mol. The number of alkyl halides is 1. The molecule has 0 N–H and O–H groups in total. The Bertz CT molecular complexity index is 403. The molecule has 1 aromatic rings. The minimum absolute atomic E-state index is 0.318. The zero-order valence-corrected chi connectivity index (χ0v) is 13.3. The first-order chi connectivity index (χ1) is 8.62. The Hall–Kier alpha value is -0.0500. The van der Waals surface area contributed by atoms with Gasteiger partial charge in [0.2, 0.25) is 0 Å². The number of halogens is 2. The molecule has 2 unspecified atom stereocenters. The molecule has 1 fully saturated rings. The maximum Gasteiger partial charge on any atom is 0.0721 e. The molecule has 2 rings (SSSR count). The van der Waals surface area contributed by atoms with Crippen molar-refractivity contribution >= 4 is 27.5 Å². The van der Waals surface area contributed by atoms with Gasteiger partial charge in [0.05, 0.1) is 12.7 Å². The van der Waals surface area contributed by atoms with Crippen LogP contribution in [0.3, 0.4) is 0 Å². The normalized spacial score (nSPS) is 25.8. The molecule has 2 atom stereocenters. The predicted octanol–water partition coefficient (Wildman–Crippen LogP) is 5.20. The summed E-state index contributed by atoms with van der Waals surface area (Å²) in [6, 6.07) is 7.91. The smallest absolute Gasteiger partial charge is 0.0721 e. The van der Waals surface area contributed by atoms with Gasteiger partial charge in [0.1, 0.15) is 0 Å². The van der Waals surface area contributed by atoms with Gasteiger partial charge in [0, 0.05) is 15.3 Å². The lowest BCUT2D eigenvalue weighted by atomic mass is 9.62. The topological polar surface area (TPSA) is 9.23 Å². The van der Waals surface area contributed by atoms with Crippen LogP contribution in [0.15, 0.2) is 24.3 Å². The highest BCUT2D eigenvalue weighted by Crippen LogP contribution is 2.52. The third-order valence-corrected chi connectivity index (χ3v) is 5.86. The first-order valence-corrected chi connectivity index (χ1v) is 7.92. The van der Waals surface area contributed by atoms with E-state index in [1.807, 2.05) is 18.2 Å². The van der Waals surface area contributed by atoms with Crippen molar-refractivity contribution in [2.45, 2.75) is 50.6 Å². The molecule has 0 aliphatic heterocycles. The van der Waals surface area contributed by atoms with Crippen LogP contribution in [0.5, 0.6) is 0 Å². The average Bonchev–Trinajstić information content (AvgIpc) is 2.36. The molecule has 1 saturated carbocycles. The van der Waals surface area contributed by atoms with Crippen molar-refractivity contribution in [2.24, 2.45) is 5.41 Å². The Morgan fingerprint density at radius 3 is 2.67 bits per heavy atom. The van der Waals surface area contributed by atoms with Gasteiger partial charge in [-0.05, 0) is 37.0 Å². The van der Waals surface area contributed by atoms with Crippen molar-refractivity contribution < 1.29 is 4.74 Å². The lowest BCUT2D eigenvalue weighted by Crippen LogP contribution is -2.54. The van der Waals surface area contributed by atoms with Gasteiger partial charge in [-0.15, -0.1) is 0 Å². The molecule has 1 nitrogen and oxygen atoms in total. The second-order valence-electron chi connectivity index (χ2n) is 5.07. The van der Waals surface area contributed by atoms with Crippen molar-refractivity contribution in [3.05, 3.63) is 34.9 Å². The summed E-state index contributed by atoms with van der Waals surface area (Å²) in [5, 5.41) is 0.778. The fourth-order valence-corrected chi connectivity index (χ4v) is 4.40. The molecule has 100 valence electrons. The molecule has 0 radical (unpaired) electrons. The summed E-state index contributed by atoms with van der Waals surface area (Å²) in [5.41, 5.74) is 1.47. The molecule has 0 saturated heterocycles. The SMILES string of the molecule is CCC1(CC)C(Br)CC1OCc1cccc(Cl)c1. The zero-order valence-electron chi connectivity index (χ0n) is 11.0. The highest BCUT2D eigenvalue weighted by Gasteiger charge is 2.52. The van der Waals surface area contributed by atoms with Gasteiger partial charge in [0.25, 0.3) is 0 Å². The lowest BCUT2D eigenvalue weighted by Gasteiger charge is -2.53. The van der Waals surface area contributed by atoms with Crippen molar-refractivity contribution in [3.63, 3.8) is 0 Å². The Kier molecular flexibility index (Phi) is 4.74. The Labute approximate surface area is 123 Å². The summed E-state index contributed by atoms with van der Waals surface area (Å²) >= 11 is 9.76. The third-order valence-electron chi connectivity index (χ3n) is 4.34. The first kappa shape index (κ1) is 14.4. The highest BCUT2D eigenvalue weighted by molar-refractivity contribution is 9.09. The van der Waals surface area contributed by atoms with Crippen LogP contribution in [0.4, 0.5) is 0 Å². The second kappa shape index (κ2) is 5.94. The number of hydrogen-bond donors (Lipinski definition) is 0. The Morgan fingerprint density at radius 1 is 1.39 bits per heavy atom. The monoisotopic (exact) mass is 330 g/mol. The van der Waals surface area contributed by atoms with Crippen LogP contribution in [-0.4, -0.2) is 10.9 Å². The lowest BCUT2D eigenvalue weighted by molar-refractivity contribution is -0.115. The maximum absolute atomic E-state index is 6.10. The summed E-state index contributed by atoms with van der Waals surface area (Å²) in [7, 11) is 0. The van der Waals surface area contributed by atoms with Crippen molar-refractivity contribution in [1.29, 1.82) is 0 Å². The largest absolute Gasteiger partial charge is 0.373 e. The van der Waals surface area contributed by atoms with E-state index in [4.69, 9.17) is 16.3 Å². The molecule has 0 aromatic heterocycles. The molecular weight excluding hydrogens is 312 g/mol. The van der Waals surface area contributed by atoms with Crippen LogP contribution in [0.1, 0.15) is 38.7 Å². The van der Waals surface area contributed by atoms with Gasteiger partial charge < -0.3 is 4.74 Å². The quantitative estimate of drug-likeness (QED) is 0.674. The zero-order chi connectivity index (χ0) is 13.2. The summed E-state index contributed by atoms with van der Waals surface area (Å²) in [6.45, 7) is 5.17. The minimum Gasteiger partial charge on any atom is -0.373 e. The van der Waals surface area contributed by atoms with E-state index in [9.17, 15) is 0 Å². The van der Waals surface area contributed by atoms with E-state index in [2.05, 4.69) is 35.8 Å². The van der Waals surface area contributed by atoms with Gasteiger partial charge in [-0.1, -0.05) is 53.5 Å². The summed E-state index contributed by atoms with van der Waals surface area (Å²) < 4.78 is 6.10. The van der Waals surface area contributed by atoms with Gasteiger partial charge in [-0.2, -0.15) is 0 Å². The Balaban J connectivity index is 1.95. The first-order valence-electron chi connectivity index (χ1n) is 6.62. The van der Waals surface area contributed by atoms with E-state index in [0.29, 0.717) is 23.0 Å². The molecule has 18 heavy (non-hydrogen) atoms. The molecule has 0 spiro atoms. The van der Waals surface area contributed by atoms with Crippen molar-refractivity contribution in [1.82, 2.24) is 0 Å². The maximum atomic E-state index is 6.10. The van der Waals surface area contributed by atoms with Gasteiger partial charge in [0.15, 0.2) is 0 Å².